The molecule has 0 bridgehead atoms. The summed E-state index contributed by atoms with van der Waals surface area (Å²) in [6.07, 6.45) is 3.80. The topological polar surface area (TPSA) is 78.7 Å². The molecule has 7 nitrogen and oxygen atoms in total. The predicted molar refractivity (Wildman–Crippen MR) is 98.1 cm³/mol. The van der Waals surface area contributed by atoms with E-state index in [0.29, 0.717) is 50.2 Å². The number of amides is 2. The highest BCUT2D eigenvalue weighted by Gasteiger charge is 2.28. The number of hydrogen-bond donors (Lipinski definition) is 1. The van der Waals surface area contributed by atoms with Gasteiger partial charge in [-0.3, -0.25) is 14.5 Å². The first-order valence-electron chi connectivity index (χ1n) is 8.92. The number of nitrogens with zero attached hydrogens (tertiary/aromatic N) is 3. The molecule has 0 radical (unpaired) electrons. The maximum Gasteiger partial charge on any atom is 0.273 e. The van der Waals surface area contributed by atoms with Crippen LogP contribution in [0.4, 0.5) is 0 Å². The molecule has 2 amide bonds. The van der Waals surface area contributed by atoms with Gasteiger partial charge in [-0.15, -0.1) is 11.3 Å². The van der Waals surface area contributed by atoms with Gasteiger partial charge in [0.25, 0.3) is 5.91 Å². The van der Waals surface area contributed by atoms with E-state index < -0.39 is 0 Å². The Bertz CT molecular complexity index is 789. The van der Waals surface area contributed by atoms with Gasteiger partial charge in [-0.2, -0.15) is 0 Å². The Labute approximate surface area is 156 Å². The van der Waals surface area contributed by atoms with E-state index in [2.05, 4.69) is 15.2 Å². The zero-order chi connectivity index (χ0) is 18.1. The summed E-state index contributed by atoms with van der Waals surface area (Å²) in [6.45, 7) is 4.97. The van der Waals surface area contributed by atoms with E-state index in [-0.39, 0.29) is 11.8 Å². The molecule has 0 aromatic carbocycles. The summed E-state index contributed by atoms with van der Waals surface area (Å²) in [4.78, 5) is 34.0. The molecular formula is C18H22N4O3S. The van der Waals surface area contributed by atoms with Gasteiger partial charge in [0.1, 0.15) is 5.69 Å². The lowest BCUT2D eigenvalue weighted by molar-refractivity contribution is -0.122. The van der Waals surface area contributed by atoms with Gasteiger partial charge in [0.2, 0.25) is 5.91 Å². The van der Waals surface area contributed by atoms with Crippen molar-refractivity contribution in [3.8, 4) is 10.8 Å². The summed E-state index contributed by atoms with van der Waals surface area (Å²) in [5, 5.41) is 3.73. The molecule has 138 valence electrons. The van der Waals surface area contributed by atoms with Gasteiger partial charge < -0.3 is 14.6 Å². The number of nitrogens with one attached hydrogen (secondary N) is 1. The number of carbonyl (C=O) groups excluding carboxylic acids is 2. The predicted octanol–water partition coefficient (Wildman–Crippen LogP) is 1.75. The number of hydrogen-bond acceptors (Lipinski definition) is 6. The maximum absolute atomic E-state index is 12.8. The number of furan rings is 1. The zero-order valence-corrected chi connectivity index (χ0v) is 15.6. The minimum atomic E-state index is -0.0429. The number of aryl methyl sites for hydroxylation is 1. The summed E-state index contributed by atoms with van der Waals surface area (Å²) >= 11 is 1.47. The number of carbonyl (C=O) groups is 2. The van der Waals surface area contributed by atoms with Gasteiger partial charge in [-0.25, -0.2) is 4.98 Å². The maximum atomic E-state index is 12.8. The van der Waals surface area contributed by atoms with Crippen molar-refractivity contribution in [1.82, 2.24) is 20.1 Å². The van der Waals surface area contributed by atoms with Crippen LogP contribution in [0.15, 0.2) is 22.8 Å². The molecule has 0 unspecified atom stereocenters. The molecule has 2 aliphatic rings. The molecule has 2 aromatic rings. The monoisotopic (exact) mass is 374 g/mol. The van der Waals surface area contributed by atoms with Crippen LogP contribution in [0, 0.1) is 6.92 Å². The van der Waals surface area contributed by atoms with Crippen molar-refractivity contribution in [2.75, 3.05) is 32.7 Å². The molecule has 3 heterocycles. The second kappa shape index (κ2) is 7.20. The molecule has 8 heteroatoms. The van der Waals surface area contributed by atoms with Crippen LogP contribution in [0.5, 0.6) is 0 Å². The minimum Gasteiger partial charge on any atom is -0.462 e. The highest BCUT2D eigenvalue weighted by molar-refractivity contribution is 7.15. The van der Waals surface area contributed by atoms with Crippen LogP contribution in [0.3, 0.4) is 0 Å². The Balaban J connectivity index is 1.34. The normalized spacial score (nSPS) is 18.1. The number of aromatic nitrogens is 1. The molecule has 1 saturated carbocycles. The number of thiazole rings is 1. The third kappa shape index (κ3) is 3.81. The summed E-state index contributed by atoms with van der Waals surface area (Å²) in [5.74, 6) is 0.730. The van der Waals surface area contributed by atoms with E-state index in [0.717, 1.165) is 22.7 Å². The minimum absolute atomic E-state index is 0.0429. The number of rotatable bonds is 5. The average Bonchev–Trinajstić information content (AvgIpc) is 3.11. The first-order valence-corrected chi connectivity index (χ1v) is 9.74. The van der Waals surface area contributed by atoms with Crippen LogP contribution in [0.2, 0.25) is 0 Å². The lowest BCUT2D eigenvalue weighted by Gasteiger charge is -2.34. The Morgan fingerprint density at radius 2 is 2.08 bits per heavy atom. The molecule has 2 fully saturated rings. The average molecular weight is 374 g/mol. The van der Waals surface area contributed by atoms with Crippen molar-refractivity contribution >= 4 is 23.2 Å². The van der Waals surface area contributed by atoms with Crippen molar-refractivity contribution in [2.24, 2.45) is 0 Å². The first-order chi connectivity index (χ1) is 12.6. The van der Waals surface area contributed by atoms with Crippen LogP contribution in [-0.4, -0.2) is 65.4 Å². The molecule has 0 atom stereocenters. The van der Waals surface area contributed by atoms with E-state index in [9.17, 15) is 9.59 Å². The molecule has 2 aromatic heterocycles. The van der Waals surface area contributed by atoms with Crippen molar-refractivity contribution in [3.05, 3.63) is 29.0 Å². The Hall–Kier alpha value is -2.19. The zero-order valence-electron chi connectivity index (χ0n) is 14.7. The first kappa shape index (κ1) is 17.2. The quantitative estimate of drug-likeness (QED) is 0.863. The lowest BCUT2D eigenvalue weighted by Crippen LogP contribution is -2.51. The summed E-state index contributed by atoms with van der Waals surface area (Å²) < 4.78 is 5.37. The van der Waals surface area contributed by atoms with Crippen LogP contribution >= 0.6 is 11.3 Å². The third-order valence-corrected chi connectivity index (χ3v) is 5.69. The number of piperazine rings is 1. The fraction of sp³-hybridized carbons (Fsp3) is 0.500. The third-order valence-electron chi connectivity index (χ3n) is 4.70. The SMILES string of the molecule is Cc1sc(-c2ccco2)nc1C(=O)N1CCN(CC(=O)NC2CC2)CC1. The largest absolute Gasteiger partial charge is 0.462 e. The van der Waals surface area contributed by atoms with Gasteiger partial charge >= 0.3 is 0 Å². The van der Waals surface area contributed by atoms with E-state index in [1.54, 1.807) is 6.26 Å². The second-order valence-corrected chi connectivity index (χ2v) is 8.01. The Kier molecular flexibility index (Phi) is 4.78. The second-order valence-electron chi connectivity index (χ2n) is 6.81. The van der Waals surface area contributed by atoms with E-state index >= 15 is 0 Å². The van der Waals surface area contributed by atoms with Gasteiger partial charge in [0, 0.05) is 37.1 Å². The highest BCUT2D eigenvalue weighted by Crippen LogP contribution is 2.28. The highest BCUT2D eigenvalue weighted by atomic mass is 32.1. The molecule has 1 N–H and O–H groups in total. The molecule has 26 heavy (non-hydrogen) atoms. The van der Waals surface area contributed by atoms with Crippen LogP contribution in [0.1, 0.15) is 28.2 Å². The van der Waals surface area contributed by atoms with Gasteiger partial charge in [-0.1, -0.05) is 0 Å². The van der Waals surface area contributed by atoms with Gasteiger partial charge in [0.15, 0.2) is 10.8 Å². The smallest absolute Gasteiger partial charge is 0.273 e. The van der Waals surface area contributed by atoms with Gasteiger partial charge in [0.05, 0.1) is 12.8 Å². The van der Waals surface area contributed by atoms with Crippen molar-refractivity contribution in [1.29, 1.82) is 0 Å². The van der Waals surface area contributed by atoms with Gasteiger partial charge in [-0.05, 0) is 31.9 Å². The fourth-order valence-electron chi connectivity index (χ4n) is 3.06. The van der Waals surface area contributed by atoms with Crippen LogP contribution < -0.4 is 5.32 Å². The van der Waals surface area contributed by atoms with Crippen LogP contribution in [-0.2, 0) is 4.79 Å². The summed E-state index contributed by atoms with van der Waals surface area (Å²) in [6, 6.07) is 4.05. The van der Waals surface area contributed by atoms with Crippen LogP contribution in [0.25, 0.3) is 10.8 Å². The molecule has 1 aliphatic heterocycles. The Morgan fingerprint density at radius 3 is 2.73 bits per heavy atom. The Morgan fingerprint density at radius 1 is 1.31 bits per heavy atom. The van der Waals surface area contributed by atoms with E-state index in [1.807, 2.05) is 24.0 Å². The van der Waals surface area contributed by atoms with Crippen molar-refractivity contribution < 1.29 is 14.0 Å². The molecule has 1 saturated heterocycles. The van der Waals surface area contributed by atoms with E-state index in [1.165, 1.54) is 11.3 Å². The molecular weight excluding hydrogens is 352 g/mol. The molecule has 1 aliphatic carbocycles. The molecule has 0 spiro atoms. The van der Waals surface area contributed by atoms with Crippen molar-refractivity contribution in [3.63, 3.8) is 0 Å². The standard InChI is InChI=1S/C18H22N4O3S/c1-12-16(20-17(26-12)14-3-2-10-25-14)18(24)22-8-6-21(7-9-22)11-15(23)19-13-4-5-13/h2-3,10,13H,4-9,11H2,1H3,(H,19,23). The lowest BCUT2D eigenvalue weighted by atomic mass is 10.2. The van der Waals surface area contributed by atoms with E-state index in [4.69, 9.17) is 4.42 Å². The van der Waals surface area contributed by atoms with Crippen molar-refractivity contribution in [2.45, 2.75) is 25.8 Å². The summed E-state index contributed by atoms with van der Waals surface area (Å²) in [7, 11) is 0. The summed E-state index contributed by atoms with van der Waals surface area (Å²) in [5.41, 5.74) is 0.501. The fourth-order valence-corrected chi connectivity index (χ4v) is 3.94. The molecule has 4 rings (SSSR count).